The zero-order chi connectivity index (χ0) is 14.1. The fourth-order valence-corrected chi connectivity index (χ4v) is 3.14. The van der Waals surface area contributed by atoms with E-state index in [0.717, 1.165) is 5.92 Å². The van der Waals surface area contributed by atoms with Crippen molar-refractivity contribution in [1.29, 1.82) is 0 Å². The van der Waals surface area contributed by atoms with E-state index in [1.54, 1.807) is 0 Å². The third kappa shape index (κ3) is 2.90. The minimum atomic E-state index is 0.607. The molecule has 1 aliphatic rings. The van der Waals surface area contributed by atoms with Gasteiger partial charge in [-0.2, -0.15) is 0 Å². The molecule has 0 heterocycles. The molecule has 2 aromatic rings. The Labute approximate surface area is 129 Å². The maximum absolute atomic E-state index is 3.63. The third-order valence-electron chi connectivity index (χ3n) is 4.23. The fraction of sp³-hybridized carbons (Fsp3) is 0.333. The molecule has 0 spiro atoms. The third-order valence-corrected chi connectivity index (χ3v) is 5.08. The minimum absolute atomic E-state index is 0.607. The van der Waals surface area contributed by atoms with Crippen LogP contribution in [0.5, 0.6) is 0 Å². The van der Waals surface area contributed by atoms with Crippen molar-refractivity contribution < 1.29 is 0 Å². The van der Waals surface area contributed by atoms with Crippen molar-refractivity contribution in [3.05, 3.63) is 63.6 Å². The molecule has 104 valence electrons. The molecule has 2 heteroatoms. The van der Waals surface area contributed by atoms with E-state index in [1.165, 1.54) is 39.7 Å². The zero-order valence-corrected chi connectivity index (χ0v) is 13.6. The molecule has 0 bridgehead atoms. The van der Waals surface area contributed by atoms with E-state index in [9.17, 15) is 0 Å². The van der Waals surface area contributed by atoms with Gasteiger partial charge < -0.3 is 5.32 Å². The lowest BCUT2D eigenvalue weighted by Crippen LogP contribution is -2.33. The highest BCUT2D eigenvalue weighted by Crippen LogP contribution is 2.38. The summed E-state index contributed by atoms with van der Waals surface area (Å²) in [6.07, 6.45) is 2.46. The summed E-state index contributed by atoms with van der Waals surface area (Å²) in [6.45, 7) is 4.26. The van der Waals surface area contributed by atoms with Crippen molar-refractivity contribution in [2.75, 3.05) is 5.32 Å². The summed E-state index contributed by atoms with van der Waals surface area (Å²) in [5, 5.41) is 3.63. The number of hydrogen-bond acceptors (Lipinski definition) is 1. The number of nitrogens with one attached hydrogen (secondary N) is 1. The summed E-state index contributed by atoms with van der Waals surface area (Å²) >= 11 is 3.59. The lowest BCUT2D eigenvalue weighted by molar-refractivity contribution is 0.374. The Morgan fingerprint density at radius 1 is 1.00 bits per heavy atom. The Balaban J connectivity index is 1.58. The quantitative estimate of drug-likeness (QED) is 0.792. The maximum atomic E-state index is 3.63. The van der Waals surface area contributed by atoms with Crippen LogP contribution >= 0.6 is 15.9 Å². The van der Waals surface area contributed by atoms with Gasteiger partial charge in [0.2, 0.25) is 0 Å². The Morgan fingerprint density at radius 3 is 2.35 bits per heavy atom. The largest absolute Gasteiger partial charge is 0.382 e. The Kier molecular flexibility index (Phi) is 3.84. The second-order valence-electron chi connectivity index (χ2n) is 5.88. The number of benzene rings is 2. The van der Waals surface area contributed by atoms with Gasteiger partial charge in [0.15, 0.2) is 0 Å². The lowest BCUT2D eigenvalue weighted by Gasteiger charge is -2.37. The van der Waals surface area contributed by atoms with Crippen molar-refractivity contribution in [2.45, 2.75) is 38.6 Å². The molecule has 1 aliphatic carbocycles. The van der Waals surface area contributed by atoms with Crippen LogP contribution < -0.4 is 5.32 Å². The Hall–Kier alpha value is -1.28. The summed E-state index contributed by atoms with van der Waals surface area (Å²) < 4.78 is 1.18. The van der Waals surface area contributed by atoms with Crippen molar-refractivity contribution in [3.8, 4) is 0 Å². The number of halogens is 1. The average Bonchev–Trinajstić information content (AvgIpc) is 2.39. The highest BCUT2D eigenvalue weighted by Gasteiger charge is 2.30. The van der Waals surface area contributed by atoms with E-state index in [2.05, 4.69) is 77.6 Å². The van der Waals surface area contributed by atoms with Crippen molar-refractivity contribution in [3.63, 3.8) is 0 Å². The smallest absolute Gasteiger partial charge is 0.0353 e. The molecule has 0 saturated heterocycles. The molecule has 0 aliphatic heterocycles. The molecular weight excluding hydrogens is 310 g/mol. The molecule has 0 radical (unpaired) electrons. The van der Waals surface area contributed by atoms with Crippen LogP contribution in [-0.2, 0) is 0 Å². The second-order valence-corrected chi connectivity index (χ2v) is 6.74. The topological polar surface area (TPSA) is 12.0 Å². The number of anilines is 1. The first-order chi connectivity index (χ1) is 9.61. The van der Waals surface area contributed by atoms with Gasteiger partial charge in [0.25, 0.3) is 0 Å². The van der Waals surface area contributed by atoms with Crippen LogP contribution in [0, 0.1) is 13.8 Å². The van der Waals surface area contributed by atoms with Crippen molar-refractivity contribution >= 4 is 21.6 Å². The minimum Gasteiger partial charge on any atom is -0.382 e. The predicted molar refractivity (Wildman–Crippen MR) is 89.4 cm³/mol. The SMILES string of the molecule is Cc1ccc(C2CC(Nc3ccc(C)c(Br)c3)C2)cc1. The van der Waals surface area contributed by atoms with Crippen LogP contribution in [0.1, 0.15) is 35.4 Å². The average molecular weight is 330 g/mol. The normalized spacial score (nSPS) is 21.4. The molecule has 1 saturated carbocycles. The van der Waals surface area contributed by atoms with Gasteiger partial charge in [-0.05, 0) is 55.9 Å². The molecule has 1 N–H and O–H groups in total. The molecule has 0 unspecified atom stereocenters. The van der Waals surface area contributed by atoms with Gasteiger partial charge in [0.1, 0.15) is 0 Å². The van der Waals surface area contributed by atoms with Crippen LogP contribution in [-0.4, -0.2) is 6.04 Å². The van der Waals surface area contributed by atoms with E-state index < -0.39 is 0 Å². The molecule has 3 rings (SSSR count). The van der Waals surface area contributed by atoms with E-state index in [4.69, 9.17) is 0 Å². The maximum Gasteiger partial charge on any atom is 0.0353 e. The summed E-state index contributed by atoms with van der Waals surface area (Å²) in [6, 6.07) is 16.1. The van der Waals surface area contributed by atoms with Crippen LogP contribution in [0.3, 0.4) is 0 Å². The first kappa shape index (κ1) is 13.7. The van der Waals surface area contributed by atoms with Gasteiger partial charge in [0, 0.05) is 16.2 Å². The van der Waals surface area contributed by atoms with Crippen LogP contribution in [0.15, 0.2) is 46.9 Å². The molecule has 1 fully saturated rings. The van der Waals surface area contributed by atoms with Crippen LogP contribution in [0.4, 0.5) is 5.69 Å². The van der Waals surface area contributed by atoms with E-state index >= 15 is 0 Å². The van der Waals surface area contributed by atoms with E-state index in [0.29, 0.717) is 6.04 Å². The number of rotatable bonds is 3. The molecule has 0 amide bonds. The molecule has 0 aromatic heterocycles. The number of aryl methyl sites for hydroxylation is 2. The molecule has 2 aromatic carbocycles. The first-order valence-corrected chi connectivity index (χ1v) is 8.00. The standard InChI is InChI=1S/C18H20BrN/c1-12-3-6-14(7-4-12)15-9-17(10-15)20-16-8-5-13(2)18(19)11-16/h3-8,11,15,17,20H,9-10H2,1-2H3. The zero-order valence-electron chi connectivity index (χ0n) is 12.0. The van der Waals surface area contributed by atoms with Gasteiger partial charge in [-0.25, -0.2) is 0 Å². The van der Waals surface area contributed by atoms with Gasteiger partial charge in [-0.1, -0.05) is 51.8 Å². The van der Waals surface area contributed by atoms with Gasteiger partial charge >= 0.3 is 0 Å². The van der Waals surface area contributed by atoms with E-state index in [1.807, 2.05) is 0 Å². The van der Waals surface area contributed by atoms with Gasteiger partial charge in [-0.15, -0.1) is 0 Å². The van der Waals surface area contributed by atoms with Crippen molar-refractivity contribution in [1.82, 2.24) is 0 Å². The summed E-state index contributed by atoms with van der Waals surface area (Å²) in [5.41, 5.74) is 5.32. The Morgan fingerprint density at radius 2 is 1.70 bits per heavy atom. The predicted octanol–water partition coefficient (Wildman–Crippen LogP) is 5.42. The molecular formula is C18H20BrN. The monoisotopic (exact) mass is 329 g/mol. The van der Waals surface area contributed by atoms with Crippen LogP contribution in [0.25, 0.3) is 0 Å². The van der Waals surface area contributed by atoms with Crippen LogP contribution in [0.2, 0.25) is 0 Å². The second kappa shape index (κ2) is 5.61. The van der Waals surface area contributed by atoms with Gasteiger partial charge in [0.05, 0.1) is 0 Å². The number of hydrogen-bond donors (Lipinski definition) is 1. The Bertz CT molecular complexity index is 597. The van der Waals surface area contributed by atoms with E-state index in [-0.39, 0.29) is 0 Å². The molecule has 0 atom stereocenters. The molecule has 20 heavy (non-hydrogen) atoms. The van der Waals surface area contributed by atoms with Crippen molar-refractivity contribution in [2.24, 2.45) is 0 Å². The lowest BCUT2D eigenvalue weighted by atomic mass is 9.75. The molecule has 1 nitrogen and oxygen atoms in total. The summed E-state index contributed by atoms with van der Waals surface area (Å²) in [4.78, 5) is 0. The fourth-order valence-electron chi connectivity index (χ4n) is 2.76. The summed E-state index contributed by atoms with van der Waals surface area (Å²) in [7, 11) is 0. The highest BCUT2D eigenvalue weighted by molar-refractivity contribution is 9.10. The van der Waals surface area contributed by atoms with Gasteiger partial charge in [-0.3, -0.25) is 0 Å². The highest BCUT2D eigenvalue weighted by atomic mass is 79.9. The summed E-state index contributed by atoms with van der Waals surface area (Å²) in [5.74, 6) is 0.724. The first-order valence-electron chi connectivity index (χ1n) is 7.21.